The summed E-state index contributed by atoms with van der Waals surface area (Å²) in [5.41, 5.74) is -0.00574. The first-order valence-corrected chi connectivity index (χ1v) is 5.61. The highest BCUT2D eigenvalue weighted by molar-refractivity contribution is 9.10. The predicted molar refractivity (Wildman–Crippen MR) is 64.8 cm³/mol. The van der Waals surface area contributed by atoms with Gasteiger partial charge in [0.1, 0.15) is 4.47 Å². The molecule has 92 valence electrons. The van der Waals surface area contributed by atoms with Crippen molar-refractivity contribution in [1.29, 1.82) is 0 Å². The van der Waals surface area contributed by atoms with Crippen LogP contribution in [0.1, 0.15) is 17.3 Å². The number of nitro groups is 1. The highest BCUT2D eigenvalue weighted by Crippen LogP contribution is 2.28. The Bertz CT molecular complexity index is 450. The van der Waals surface area contributed by atoms with Gasteiger partial charge in [-0.3, -0.25) is 14.9 Å². The summed E-state index contributed by atoms with van der Waals surface area (Å²) in [6.07, 6.45) is 0. The van der Waals surface area contributed by atoms with Gasteiger partial charge in [-0.2, -0.15) is 0 Å². The third-order valence-electron chi connectivity index (χ3n) is 2.07. The van der Waals surface area contributed by atoms with E-state index in [1.807, 2.05) is 0 Å². The van der Waals surface area contributed by atoms with E-state index in [2.05, 4.69) is 21.2 Å². The summed E-state index contributed by atoms with van der Waals surface area (Å²) in [5, 5.41) is 22.0. The van der Waals surface area contributed by atoms with Crippen LogP contribution in [0, 0.1) is 10.1 Å². The molecule has 1 atom stereocenters. The van der Waals surface area contributed by atoms with Gasteiger partial charge in [-0.15, -0.1) is 0 Å². The lowest BCUT2D eigenvalue weighted by molar-refractivity contribution is -0.385. The number of aliphatic hydroxyl groups excluding tert-OH is 1. The molecule has 0 aliphatic carbocycles. The van der Waals surface area contributed by atoms with Crippen molar-refractivity contribution >= 4 is 27.5 Å². The Labute approximate surface area is 106 Å². The standard InChI is InChI=1S/C10H11BrN2O4/c1-6(5-14)12-10(15)7-3-2-4-8(9(7)11)13(16)17/h2-4,6,14H,5H2,1H3,(H,12,15)/t6-/m1/s1. The molecule has 0 heterocycles. The summed E-state index contributed by atoms with van der Waals surface area (Å²) >= 11 is 3.03. The maximum absolute atomic E-state index is 11.7. The molecule has 0 saturated heterocycles. The first-order valence-electron chi connectivity index (χ1n) is 4.82. The second-order valence-electron chi connectivity index (χ2n) is 3.45. The molecule has 1 aromatic rings. The van der Waals surface area contributed by atoms with Gasteiger partial charge >= 0.3 is 0 Å². The fourth-order valence-electron chi connectivity index (χ4n) is 1.18. The quantitative estimate of drug-likeness (QED) is 0.650. The molecule has 0 bridgehead atoms. The van der Waals surface area contributed by atoms with Crippen molar-refractivity contribution in [2.24, 2.45) is 0 Å². The molecule has 0 saturated carbocycles. The highest BCUT2D eigenvalue weighted by atomic mass is 79.9. The van der Waals surface area contributed by atoms with E-state index in [1.165, 1.54) is 18.2 Å². The number of amides is 1. The van der Waals surface area contributed by atoms with Crippen molar-refractivity contribution in [3.63, 3.8) is 0 Å². The zero-order valence-corrected chi connectivity index (χ0v) is 10.6. The number of nitrogens with zero attached hydrogens (tertiary/aromatic N) is 1. The SMILES string of the molecule is C[C@H](CO)NC(=O)c1cccc([N+](=O)[O-])c1Br. The third kappa shape index (κ3) is 3.24. The minimum absolute atomic E-state index is 0.132. The Morgan fingerprint density at radius 2 is 2.29 bits per heavy atom. The molecule has 0 aliphatic heterocycles. The molecule has 0 radical (unpaired) electrons. The van der Waals surface area contributed by atoms with Gasteiger partial charge in [-0.1, -0.05) is 6.07 Å². The van der Waals surface area contributed by atoms with Gasteiger partial charge in [0.05, 0.1) is 17.1 Å². The fourth-order valence-corrected chi connectivity index (χ4v) is 1.77. The monoisotopic (exact) mass is 302 g/mol. The molecule has 0 spiro atoms. The molecule has 6 nitrogen and oxygen atoms in total. The number of nitro benzene ring substituents is 1. The number of hydrogen-bond donors (Lipinski definition) is 2. The first-order chi connectivity index (χ1) is 7.97. The summed E-state index contributed by atoms with van der Waals surface area (Å²) in [6.45, 7) is 1.43. The van der Waals surface area contributed by atoms with E-state index in [-0.39, 0.29) is 22.3 Å². The van der Waals surface area contributed by atoms with Crippen molar-refractivity contribution in [2.75, 3.05) is 6.61 Å². The van der Waals surface area contributed by atoms with Crippen LogP contribution in [0.2, 0.25) is 0 Å². The molecular formula is C10H11BrN2O4. The second-order valence-corrected chi connectivity index (χ2v) is 4.25. The lowest BCUT2D eigenvalue weighted by Gasteiger charge is -2.11. The van der Waals surface area contributed by atoms with Crippen LogP contribution in [-0.2, 0) is 0 Å². The Kier molecular flexibility index (Phi) is 4.59. The molecule has 2 N–H and O–H groups in total. The van der Waals surface area contributed by atoms with E-state index in [4.69, 9.17) is 5.11 Å². The van der Waals surface area contributed by atoms with E-state index in [0.29, 0.717) is 0 Å². The van der Waals surface area contributed by atoms with Gasteiger partial charge < -0.3 is 10.4 Å². The molecule has 7 heteroatoms. The largest absolute Gasteiger partial charge is 0.394 e. The molecule has 1 amide bonds. The maximum Gasteiger partial charge on any atom is 0.284 e. The molecule has 0 fully saturated rings. The minimum atomic E-state index is -0.573. The van der Waals surface area contributed by atoms with Gasteiger partial charge in [0.25, 0.3) is 11.6 Å². The highest BCUT2D eigenvalue weighted by Gasteiger charge is 2.20. The molecule has 0 aliphatic rings. The van der Waals surface area contributed by atoms with Crippen LogP contribution in [-0.4, -0.2) is 28.6 Å². The number of aliphatic hydroxyl groups is 1. The van der Waals surface area contributed by atoms with Crippen LogP contribution in [0.5, 0.6) is 0 Å². The van der Waals surface area contributed by atoms with Crippen LogP contribution in [0.3, 0.4) is 0 Å². The lowest BCUT2D eigenvalue weighted by Crippen LogP contribution is -2.35. The van der Waals surface area contributed by atoms with E-state index in [0.717, 1.165) is 0 Å². The molecule has 1 rings (SSSR count). The van der Waals surface area contributed by atoms with Crippen molar-refractivity contribution < 1.29 is 14.8 Å². The van der Waals surface area contributed by atoms with Crippen LogP contribution in [0.25, 0.3) is 0 Å². The van der Waals surface area contributed by atoms with Gasteiger partial charge in [0.15, 0.2) is 0 Å². The van der Waals surface area contributed by atoms with E-state index in [9.17, 15) is 14.9 Å². The average molecular weight is 303 g/mol. The summed E-state index contributed by atoms with van der Waals surface area (Å²) < 4.78 is 0.132. The zero-order valence-electron chi connectivity index (χ0n) is 9.01. The summed E-state index contributed by atoms with van der Waals surface area (Å²) in [4.78, 5) is 21.8. The summed E-state index contributed by atoms with van der Waals surface area (Å²) in [6, 6.07) is 3.79. The molecular weight excluding hydrogens is 292 g/mol. The van der Waals surface area contributed by atoms with Crippen LogP contribution in [0.4, 0.5) is 5.69 Å². The Morgan fingerprint density at radius 3 is 2.82 bits per heavy atom. The summed E-state index contributed by atoms with van der Waals surface area (Å²) in [7, 11) is 0. The van der Waals surface area contributed by atoms with Crippen molar-refractivity contribution in [3.05, 3.63) is 38.3 Å². The van der Waals surface area contributed by atoms with Gasteiger partial charge in [-0.05, 0) is 28.9 Å². The van der Waals surface area contributed by atoms with Crippen molar-refractivity contribution in [3.8, 4) is 0 Å². The fraction of sp³-hybridized carbons (Fsp3) is 0.300. The van der Waals surface area contributed by atoms with E-state index < -0.39 is 16.9 Å². The molecule has 0 aromatic heterocycles. The number of carbonyl (C=O) groups is 1. The number of nitrogens with one attached hydrogen (secondary N) is 1. The van der Waals surface area contributed by atoms with Crippen LogP contribution >= 0.6 is 15.9 Å². The third-order valence-corrected chi connectivity index (χ3v) is 2.90. The Morgan fingerprint density at radius 1 is 1.65 bits per heavy atom. The smallest absolute Gasteiger partial charge is 0.284 e. The number of rotatable bonds is 4. The first kappa shape index (κ1) is 13.6. The topological polar surface area (TPSA) is 92.5 Å². The van der Waals surface area contributed by atoms with Gasteiger partial charge in [0, 0.05) is 12.1 Å². The number of carbonyl (C=O) groups excluding carboxylic acids is 1. The number of benzene rings is 1. The number of hydrogen-bond acceptors (Lipinski definition) is 4. The van der Waals surface area contributed by atoms with Gasteiger partial charge in [-0.25, -0.2) is 0 Å². The lowest BCUT2D eigenvalue weighted by atomic mass is 10.2. The number of halogens is 1. The molecule has 17 heavy (non-hydrogen) atoms. The summed E-state index contributed by atoms with van der Waals surface area (Å²) in [5.74, 6) is -0.470. The maximum atomic E-state index is 11.7. The Hall–Kier alpha value is -1.47. The van der Waals surface area contributed by atoms with Crippen LogP contribution < -0.4 is 5.32 Å². The minimum Gasteiger partial charge on any atom is -0.394 e. The van der Waals surface area contributed by atoms with E-state index in [1.54, 1.807) is 6.92 Å². The predicted octanol–water partition coefficient (Wildman–Crippen LogP) is 1.47. The van der Waals surface area contributed by atoms with Gasteiger partial charge in [0.2, 0.25) is 0 Å². The molecule has 0 unspecified atom stereocenters. The molecule has 1 aromatic carbocycles. The van der Waals surface area contributed by atoms with Crippen molar-refractivity contribution in [2.45, 2.75) is 13.0 Å². The average Bonchev–Trinajstić information content (AvgIpc) is 2.28. The van der Waals surface area contributed by atoms with E-state index >= 15 is 0 Å². The zero-order chi connectivity index (χ0) is 13.0. The van der Waals surface area contributed by atoms with Crippen molar-refractivity contribution in [1.82, 2.24) is 5.32 Å². The second kappa shape index (κ2) is 5.74. The normalized spacial score (nSPS) is 11.9. The Balaban J connectivity index is 3.02. The van der Waals surface area contributed by atoms with Crippen LogP contribution in [0.15, 0.2) is 22.7 Å².